The SMILES string of the molecule is Cc1c(F)c(F)c(F)c(F)c1SCCCNC(=O)OC(C)(C)C. The minimum atomic E-state index is -1.82. The van der Waals surface area contributed by atoms with Crippen molar-refractivity contribution < 1.29 is 27.1 Å². The molecule has 8 heteroatoms. The fourth-order valence-electron chi connectivity index (χ4n) is 1.64. The van der Waals surface area contributed by atoms with Crippen molar-refractivity contribution in [3.63, 3.8) is 0 Å². The molecule has 1 aromatic rings. The first-order chi connectivity index (χ1) is 10.5. The average Bonchev–Trinajstić information content (AvgIpc) is 2.44. The molecule has 0 atom stereocenters. The van der Waals surface area contributed by atoms with Crippen LogP contribution < -0.4 is 5.32 Å². The normalized spacial score (nSPS) is 11.5. The van der Waals surface area contributed by atoms with Crippen molar-refractivity contribution in [3.8, 4) is 0 Å². The molecule has 0 heterocycles. The molecule has 0 saturated heterocycles. The Hall–Kier alpha value is -1.44. The van der Waals surface area contributed by atoms with E-state index in [4.69, 9.17) is 4.74 Å². The number of alkyl carbamates (subject to hydrolysis) is 1. The third-order valence-electron chi connectivity index (χ3n) is 2.68. The third kappa shape index (κ3) is 5.60. The van der Waals surface area contributed by atoms with Gasteiger partial charge in [0.05, 0.1) is 4.90 Å². The van der Waals surface area contributed by atoms with Gasteiger partial charge in [0.1, 0.15) is 5.60 Å². The van der Waals surface area contributed by atoms with Gasteiger partial charge in [0.15, 0.2) is 23.3 Å². The fraction of sp³-hybridized carbons (Fsp3) is 0.533. The van der Waals surface area contributed by atoms with E-state index < -0.39 is 35.0 Å². The number of ether oxygens (including phenoxy) is 1. The van der Waals surface area contributed by atoms with Crippen LogP contribution in [0.2, 0.25) is 0 Å². The van der Waals surface area contributed by atoms with Gasteiger partial charge in [-0.3, -0.25) is 0 Å². The van der Waals surface area contributed by atoms with E-state index in [1.54, 1.807) is 20.8 Å². The van der Waals surface area contributed by atoms with Gasteiger partial charge < -0.3 is 10.1 Å². The Bertz CT molecular complexity index is 559. The lowest BCUT2D eigenvalue weighted by molar-refractivity contribution is 0.0528. The molecule has 3 nitrogen and oxygen atoms in total. The van der Waals surface area contributed by atoms with Crippen LogP contribution in [0, 0.1) is 30.2 Å². The Kier molecular flexibility index (Phi) is 6.73. The third-order valence-corrected chi connectivity index (χ3v) is 3.95. The Morgan fingerprint density at radius 3 is 2.22 bits per heavy atom. The van der Waals surface area contributed by atoms with Gasteiger partial charge in [-0.05, 0) is 39.9 Å². The molecule has 0 aliphatic rings. The minimum Gasteiger partial charge on any atom is -0.444 e. The lowest BCUT2D eigenvalue weighted by Crippen LogP contribution is -2.33. The molecule has 0 aromatic heterocycles. The molecule has 1 amide bonds. The summed E-state index contributed by atoms with van der Waals surface area (Å²) in [6.45, 7) is 6.62. The monoisotopic (exact) mass is 353 g/mol. The summed E-state index contributed by atoms with van der Waals surface area (Å²) in [5, 5.41) is 2.51. The zero-order valence-corrected chi connectivity index (χ0v) is 14.2. The van der Waals surface area contributed by atoms with Crippen molar-refractivity contribution in [2.45, 2.75) is 44.6 Å². The van der Waals surface area contributed by atoms with Crippen molar-refractivity contribution in [3.05, 3.63) is 28.8 Å². The molecule has 0 aliphatic carbocycles. The molecule has 0 saturated carbocycles. The fourth-order valence-corrected chi connectivity index (χ4v) is 2.66. The van der Waals surface area contributed by atoms with E-state index in [1.165, 1.54) is 6.92 Å². The first-order valence-corrected chi connectivity index (χ1v) is 7.95. The highest BCUT2D eigenvalue weighted by atomic mass is 32.2. The number of amides is 1. The number of benzene rings is 1. The predicted molar refractivity (Wildman–Crippen MR) is 80.6 cm³/mol. The average molecular weight is 353 g/mol. The molecule has 0 unspecified atom stereocenters. The summed E-state index contributed by atoms with van der Waals surface area (Å²) >= 11 is 0.862. The van der Waals surface area contributed by atoms with E-state index in [0.29, 0.717) is 6.42 Å². The van der Waals surface area contributed by atoms with E-state index >= 15 is 0 Å². The molecule has 0 fully saturated rings. The highest BCUT2D eigenvalue weighted by Crippen LogP contribution is 2.31. The second-order valence-corrected chi connectivity index (χ2v) is 6.95. The Labute approximate surface area is 136 Å². The van der Waals surface area contributed by atoms with Crippen LogP contribution in [0.4, 0.5) is 22.4 Å². The standard InChI is InChI=1S/C15H19F4NO2S/c1-8-9(16)10(17)11(18)12(19)13(8)23-7-5-6-20-14(21)22-15(2,3)4/h5-7H2,1-4H3,(H,20,21). The van der Waals surface area contributed by atoms with Crippen LogP contribution in [-0.4, -0.2) is 24.0 Å². The molecule has 1 aromatic carbocycles. The smallest absolute Gasteiger partial charge is 0.407 e. The molecular weight excluding hydrogens is 334 g/mol. The first kappa shape index (κ1) is 19.6. The van der Waals surface area contributed by atoms with Gasteiger partial charge in [-0.25, -0.2) is 22.4 Å². The van der Waals surface area contributed by atoms with Gasteiger partial charge >= 0.3 is 6.09 Å². The van der Waals surface area contributed by atoms with Gasteiger partial charge in [-0.15, -0.1) is 11.8 Å². The number of halogens is 4. The number of carbonyl (C=O) groups is 1. The number of nitrogens with one attached hydrogen (secondary N) is 1. The van der Waals surface area contributed by atoms with E-state index in [2.05, 4.69) is 5.32 Å². The first-order valence-electron chi connectivity index (χ1n) is 6.96. The zero-order valence-electron chi connectivity index (χ0n) is 13.4. The highest BCUT2D eigenvalue weighted by molar-refractivity contribution is 7.99. The lowest BCUT2D eigenvalue weighted by Gasteiger charge is -2.19. The molecular formula is C15H19F4NO2S. The predicted octanol–water partition coefficient (Wildman–Crippen LogP) is 4.56. The molecule has 1 rings (SSSR count). The summed E-state index contributed by atoms with van der Waals surface area (Å²) in [6, 6.07) is 0. The van der Waals surface area contributed by atoms with Crippen LogP contribution in [0.15, 0.2) is 4.90 Å². The second-order valence-electron chi connectivity index (χ2n) is 5.84. The maximum absolute atomic E-state index is 13.6. The van der Waals surface area contributed by atoms with Gasteiger partial charge in [0.25, 0.3) is 0 Å². The van der Waals surface area contributed by atoms with Crippen molar-refractivity contribution in [2.24, 2.45) is 0 Å². The second kappa shape index (κ2) is 7.90. The van der Waals surface area contributed by atoms with Gasteiger partial charge in [-0.2, -0.15) is 0 Å². The summed E-state index contributed by atoms with van der Waals surface area (Å²) in [6.07, 6.45) is -0.160. The van der Waals surface area contributed by atoms with Crippen LogP contribution in [-0.2, 0) is 4.74 Å². The highest BCUT2D eigenvalue weighted by Gasteiger charge is 2.23. The van der Waals surface area contributed by atoms with Crippen LogP contribution in [0.3, 0.4) is 0 Å². The minimum absolute atomic E-state index is 0.259. The van der Waals surface area contributed by atoms with Crippen molar-refractivity contribution in [2.75, 3.05) is 12.3 Å². The maximum Gasteiger partial charge on any atom is 0.407 e. The summed E-state index contributed by atoms with van der Waals surface area (Å²) in [4.78, 5) is 11.1. The molecule has 1 N–H and O–H groups in total. The van der Waals surface area contributed by atoms with Crippen LogP contribution in [0.1, 0.15) is 32.8 Å². The zero-order chi connectivity index (χ0) is 17.8. The summed E-state index contributed by atoms with van der Waals surface area (Å²) in [5.41, 5.74) is -0.881. The topological polar surface area (TPSA) is 38.3 Å². The largest absolute Gasteiger partial charge is 0.444 e. The quantitative estimate of drug-likeness (QED) is 0.277. The Morgan fingerprint density at radius 1 is 1.09 bits per heavy atom. The van der Waals surface area contributed by atoms with Crippen LogP contribution >= 0.6 is 11.8 Å². The van der Waals surface area contributed by atoms with E-state index in [-0.39, 0.29) is 22.8 Å². The van der Waals surface area contributed by atoms with E-state index in [1.807, 2.05) is 0 Å². The van der Waals surface area contributed by atoms with Gasteiger partial charge in [-0.1, -0.05) is 0 Å². The van der Waals surface area contributed by atoms with Crippen LogP contribution in [0.5, 0.6) is 0 Å². The van der Waals surface area contributed by atoms with Crippen molar-refractivity contribution in [1.82, 2.24) is 5.32 Å². The number of thioether (sulfide) groups is 1. The molecule has 0 radical (unpaired) electrons. The number of carbonyl (C=O) groups excluding carboxylic acids is 1. The van der Waals surface area contributed by atoms with E-state index in [9.17, 15) is 22.4 Å². The Morgan fingerprint density at radius 2 is 1.65 bits per heavy atom. The number of rotatable bonds is 5. The molecule has 0 spiro atoms. The lowest BCUT2D eigenvalue weighted by atomic mass is 10.2. The molecule has 0 bridgehead atoms. The van der Waals surface area contributed by atoms with E-state index in [0.717, 1.165) is 11.8 Å². The number of hydrogen-bond donors (Lipinski definition) is 1. The molecule has 23 heavy (non-hydrogen) atoms. The Balaban J connectivity index is 2.50. The molecule has 130 valence electrons. The van der Waals surface area contributed by atoms with Gasteiger partial charge in [0.2, 0.25) is 0 Å². The number of hydrogen-bond acceptors (Lipinski definition) is 3. The summed E-state index contributed by atoms with van der Waals surface area (Å²) in [5.74, 6) is -6.12. The summed E-state index contributed by atoms with van der Waals surface area (Å²) < 4.78 is 58.3. The summed E-state index contributed by atoms with van der Waals surface area (Å²) in [7, 11) is 0. The molecule has 0 aliphatic heterocycles. The van der Waals surface area contributed by atoms with Crippen molar-refractivity contribution in [1.29, 1.82) is 0 Å². The maximum atomic E-state index is 13.6. The van der Waals surface area contributed by atoms with Crippen molar-refractivity contribution >= 4 is 17.9 Å². The van der Waals surface area contributed by atoms with Crippen LogP contribution in [0.25, 0.3) is 0 Å². The van der Waals surface area contributed by atoms with Gasteiger partial charge in [0, 0.05) is 12.1 Å².